The van der Waals surface area contributed by atoms with E-state index in [1.807, 2.05) is 30.3 Å². The molecule has 1 N–H and O–H groups in total. The summed E-state index contributed by atoms with van der Waals surface area (Å²) in [4.78, 5) is 13.7. The number of fused-ring (bicyclic) bond motifs is 1. The minimum absolute atomic E-state index is 0.246. The summed E-state index contributed by atoms with van der Waals surface area (Å²) in [5, 5.41) is 21.0. The first-order valence-corrected chi connectivity index (χ1v) is 9.36. The molecule has 0 saturated carbocycles. The second-order valence-electron chi connectivity index (χ2n) is 6.27. The highest BCUT2D eigenvalue weighted by molar-refractivity contribution is 7.16. The minimum Gasteiger partial charge on any atom is -0.311 e. The van der Waals surface area contributed by atoms with Gasteiger partial charge in [0.2, 0.25) is 0 Å². The van der Waals surface area contributed by atoms with E-state index in [4.69, 9.17) is 0 Å². The average Bonchev–Trinajstić information content (AvgIpc) is 3.26. The minimum atomic E-state index is -0.334. The molecule has 130 valence electrons. The molecule has 1 amide bonds. The molecular formula is C19H17N5OS. The van der Waals surface area contributed by atoms with Gasteiger partial charge in [-0.2, -0.15) is 5.26 Å². The van der Waals surface area contributed by atoms with Crippen molar-refractivity contribution in [3.63, 3.8) is 0 Å². The number of aryl methyl sites for hydroxylation is 1. The molecule has 0 spiro atoms. The van der Waals surface area contributed by atoms with Gasteiger partial charge in [0.25, 0.3) is 5.91 Å². The number of hydrogen-bond donors (Lipinski definition) is 1. The van der Waals surface area contributed by atoms with Crippen LogP contribution in [0.4, 0.5) is 5.00 Å². The van der Waals surface area contributed by atoms with Crippen LogP contribution >= 0.6 is 11.3 Å². The zero-order valence-electron chi connectivity index (χ0n) is 14.1. The fourth-order valence-electron chi connectivity index (χ4n) is 3.19. The SMILES string of the molecule is N#Cc1c(NC(=O)c2cn(Cc3ccccc3)nn2)sc2c1CCCC2. The summed E-state index contributed by atoms with van der Waals surface area (Å²) < 4.78 is 1.63. The Bertz CT molecular complexity index is 983. The number of thiophene rings is 1. The summed E-state index contributed by atoms with van der Waals surface area (Å²) >= 11 is 1.51. The Balaban J connectivity index is 1.51. The van der Waals surface area contributed by atoms with Gasteiger partial charge in [0.05, 0.1) is 18.3 Å². The van der Waals surface area contributed by atoms with Crippen LogP contribution in [0.15, 0.2) is 36.5 Å². The summed E-state index contributed by atoms with van der Waals surface area (Å²) in [5.41, 5.74) is 3.04. The number of carbonyl (C=O) groups is 1. The molecule has 0 radical (unpaired) electrons. The number of nitriles is 1. The van der Waals surface area contributed by atoms with E-state index < -0.39 is 0 Å². The Morgan fingerprint density at radius 2 is 2.08 bits per heavy atom. The lowest BCUT2D eigenvalue weighted by Crippen LogP contribution is -2.12. The first kappa shape index (κ1) is 16.5. The van der Waals surface area contributed by atoms with Crippen molar-refractivity contribution < 1.29 is 4.79 Å². The van der Waals surface area contributed by atoms with Crippen molar-refractivity contribution in [2.24, 2.45) is 0 Å². The van der Waals surface area contributed by atoms with Gasteiger partial charge in [-0.05, 0) is 36.8 Å². The number of benzene rings is 1. The number of nitrogens with zero attached hydrogens (tertiary/aromatic N) is 4. The number of rotatable bonds is 4. The lowest BCUT2D eigenvalue weighted by Gasteiger charge is -2.09. The summed E-state index contributed by atoms with van der Waals surface area (Å²) in [5.74, 6) is -0.334. The van der Waals surface area contributed by atoms with Gasteiger partial charge in [0, 0.05) is 4.88 Å². The second-order valence-corrected chi connectivity index (χ2v) is 7.37. The van der Waals surface area contributed by atoms with Gasteiger partial charge in [-0.15, -0.1) is 16.4 Å². The number of carbonyl (C=O) groups excluding carboxylic acids is 1. The topological polar surface area (TPSA) is 83.6 Å². The van der Waals surface area contributed by atoms with Crippen LogP contribution in [0.25, 0.3) is 0 Å². The van der Waals surface area contributed by atoms with Crippen LogP contribution in [0.2, 0.25) is 0 Å². The molecule has 0 bridgehead atoms. The largest absolute Gasteiger partial charge is 0.311 e. The molecule has 7 heteroatoms. The van der Waals surface area contributed by atoms with Crippen molar-refractivity contribution in [3.05, 3.63) is 63.8 Å². The summed E-state index contributed by atoms with van der Waals surface area (Å²) in [6.07, 6.45) is 5.76. The molecule has 1 aliphatic rings. The van der Waals surface area contributed by atoms with Crippen molar-refractivity contribution >= 4 is 22.2 Å². The number of nitrogens with one attached hydrogen (secondary N) is 1. The molecule has 6 nitrogen and oxygen atoms in total. The predicted molar refractivity (Wildman–Crippen MR) is 99.2 cm³/mol. The highest BCUT2D eigenvalue weighted by Crippen LogP contribution is 2.37. The summed E-state index contributed by atoms with van der Waals surface area (Å²) in [7, 11) is 0. The Kier molecular flexibility index (Phi) is 4.50. The molecule has 0 aliphatic heterocycles. The summed E-state index contributed by atoms with van der Waals surface area (Å²) in [6.45, 7) is 0.553. The van der Waals surface area contributed by atoms with Crippen LogP contribution < -0.4 is 5.32 Å². The molecule has 0 saturated heterocycles. The van der Waals surface area contributed by atoms with Crippen LogP contribution in [0, 0.1) is 11.3 Å². The third-order valence-corrected chi connectivity index (χ3v) is 5.68. The molecule has 0 unspecified atom stereocenters. The monoisotopic (exact) mass is 363 g/mol. The standard InChI is InChI=1S/C19H17N5OS/c20-10-15-14-8-4-5-9-17(14)26-19(15)21-18(25)16-12-24(23-22-16)11-13-6-2-1-3-7-13/h1-3,6-7,12H,4-5,8-9,11H2,(H,21,25). The molecule has 2 aromatic heterocycles. The number of anilines is 1. The van der Waals surface area contributed by atoms with Gasteiger partial charge in [-0.1, -0.05) is 35.5 Å². The van der Waals surface area contributed by atoms with Crippen LogP contribution in [0.5, 0.6) is 0 Å². The van der Waals surface area contributed by atoms with Gasteiger partial charge < -0.3 is 5.32 Å². The average molecular weight is 363 g/mol. The first-order chi connectivity index (χ1) is 12.7. The Morgan fingerprint density at radius 3 is 2.88 bits per heavy atom. The number of amides is 1. The van der Waals surface area contributed by atoms with E-state index in [1.165, 1.54) is 16.2 Å². The molecule has 1 aliphatic carbocycles. The van der Waals surface area contributed by atoms with Gasteiger partial charge in [0.1, 0.15) is 11.1 Å². The molecule has 1 aromatic carbocycles. The number of aromatic nitrogens is 3. The lowest BCUT2D eigenvalue weighted by atomic mass is 9.96. The molecule has 0 atom stereocenters. The van der Waals surface area contributed by atoms with E-state index in [2.05, 4.69) is 21.7 Å². The zero-order chi connectivity index (χ0) is 17.9. The maximum Gasteiger partial charge on any atom is 0.278 e. The predicted octanol–water partition coefficient (Wildman–Crippen LogP) is 3.39. The van der Waals surface area contributed by atoms with Crippen molar-refractivity contribution in [3.8, 4) is 6.07 Å². The quantitative estimate of drug-likeness (QED) is 0.770. The Hall–Kier alpha value is -2.98. The van der Waals surface area contributed by atoms with Crippen molar-refractivity contribution in [2.45, 2.75) is 32.2 Å². The molecule has 2 heterocycles. The maximum atomic E-state index is 12.5. The number of hydrogen-bond acceptors (Lipinski definition) is 5. The molecule has 0 fully saturated rings. The Labute approximate surface area is 155 Å². The van der Waals surface area contributed by atoms with E-state index in [0.717, 1.165) is 36.8 Å². The van der Waals surface area contributed by atoms with Crippen LogP contribution in [0.1, 0.15) is 44.9 Å². The second kappa shape index (κ2) is 7.10. The molecule has 26 heavy (non-hydrogen) atoms. The van der Waals surface area contributed by atoms with Gasteiger partial charge in [-0.25, -0.2) is 4.68 Å². The summed E-state index contributed by atoms with van der Waals surface area (Å²) in [6, 6.07) is 12.1. The van der Waals surface area contributed by atoms with Crippen molar-refractivity contribution in [1.29, 1.82) is 5.26 Å². The van der Waals surface area contributed by atoms with Crippen LogP contribution in [-0.4, -0.2) is 20.9 Å². The molecular weight excluding hydrogens is 346 g/mol. The van der Waals surface area contributed by atoms with E-state index in [1.54, 1.807) is 10.9 Å². The smallest absolute Gasteiger partial charge is 0.278 e. The molecule has 4 rings (SSSR count). The van der Waals surface area contributed by atoms with Crippen LogP contribution in [-0.2, 0) is 19.4 Å². The third-order valence-electron chi connectivity index (χ3n) is 4.47. The van der Waals surface area contributed by atoms with Gasteiger partial charge in [-0.3, -0.25) is 4.79 Å². The van der Waals surface area contributed by atoms with Crippen LogP contribution in [0.3, 0.4) is 0 Å². The maximum absolute atomic E-state index is 12.5. The highest BCUT2D eigenvalue weighted by Gasteiger charge is 2.22. The highest BCUT2D eigenvalue weighted by atomic mass is 32.1. The third kappa shape index (κ3) is 3.24. The van der Waals surface area contributed by atoms with Gasteiger partial charge in [0.15, 0.2) is 5.69 Å². The normalized spacial score (nSPS) is 13.0. The van der Waals surface area contributed by atoms with E-state index in [-0.39, 0.29) is 11.6 Å². The Morgan fingerprint density at radius 1 is 1.27 bits per heavy atom. The fraction of sp³-hybridized carbons (Fsp3) is 0.263. The van der Waals surface area contributed by atoms with Crippen molar-refractivity contribution in [1.82, 2.24) is 15.0 Å². The first-order valence-electron chi connectivity index (χ1n) is 8.54. The fourth-order valence-corrected chi connectivity index (χ4v) is 4.42. The van der Waals surface area contributed by atoms with E-state index >= 15 is 0 Å². The van der Waals surface area contributed by atoms with E-state index in [0.29, 0.717) is 17.1 Å². The van der Waals surface area contributed by atoms with Gasteiger partial charge >= 0.3 is 0 Å². The lowest BCUT2D eigenvalue weighted by molar-refractivity contribution is 0.102. The zero-order valence-corrected chi connectivity index (χ0v) is 14.9. The van der Waals surface area contributed by atoms with E-state index in [9.17, 15) is 10.1 Å². The van der Waals surface area contributed by atoms with Crippen molar-refractivity contribution in [2.75, 3.05) is 5.32 Å². The molecule has 3 aromatic rings.